The zero-order valence-corrected chi connectivity index (χ0v) is 22.0. The molecule has 3 heterocycles. The minimum Gasteiger partial charge on any atom is -0.475 e. The van der Waals surface area contributed by atoms with E-state index in [4.69, 9.17) is 4.74 Å². The first kappa shape index (κ1) is 26.7. The Hall–Kier alpha value is -4.53. The lowest BCUT2D eigenvalue weighted by molar-refractivity contribution is -0.139. The molecule has 0 radical (unpaired) electrons. The Morgan fingerprint density at radius 3 is 2.71 bits per heavy atom. The first-order chi connectivity index (χ1) is 19.6. The number of aromatic amines is 1. The van der Waals surface area contributed by atoms with Gasteiger partial charge in [-0.05, 0) is 24.5 Å². The molecule has 3 aromatic rings. The van der Waals surface area contributed by atoms with Crippen LogP contribution in [0.1, 0.15) is 41.7 Å². The highest BCUT2D eigenvalue weighted by Gasteiger charge is 2.55. The summed E-state index contributed by atoms with van der Waals surface area (Å²) in [6.07, 6.45) is 1.97. The van der Waals surface area contributed by atoms with Crippen LogP contribution in [0.3, 0.4) is 0 Å². The molecule has 2 fully saturated rings. The molecule has 9 nitrogen and oxygen atoms in total. The first-order valence-electron chi connectivity index (χ1n) is 13.3. The maximum atomic E-state index is 14.3. The van der Waals surface area contributed by atoms with E-state index in [1.165, 1.54) is 16.8 Å². The number of likely N-dealkylation sites (tertiary alicyclic amines) is 1. The number of aromatic nitrogens is 1. The number of likely N-dealkylation sites (N-methyl/N-ethyl adjacent to an activating group) is 1. The van der Waals surface area contributed by atoms with E-state index in [9.17, 15) is 32.8 Å². The molecule has 6 rings (SSSR count). The number of para-hydroxylation sites is 1. The minimum atomic E-state index is -1.49. The largest absolute Gasteiger partial charge is 0.475 e. The van der Waals surface area contributed by atoms with Crippen molar-refractivity contribution in [2.45, 2.75) is 49.9 Å². The monoisotopic (exact) mass is 565 g/mol. The average molecular weight is 566 g/mol. The number of nitrogens with zero attached hydrogens (tertiary/aromatic N) is 3. The fourth-order valence-corrected chi connectivity index (χ4v) is 5.72. The van der Waals surface area contributed by atoms with E-state index in [2.05, 4.69) is 16.4 Å². The van der Waals surface area contributed by atoms with E-state index in [1.807, 2.05) is 12.1 Å². The van der Waals surface area contributed by atoms with Crippen molar-refractivity contribution in [2.75, 3.05) is 13.6 Å². The van der Waals surface area contributed by atoms with Gasteiger partial charge in [-0.3, -0.25) is 14.4 Å². The number of carbonyl (C=O) groups is 3. The second-order valence-electron chi connectivity index (χ2n) is 10.9. The van der Waals surface area contributed by atoms with E-state index >= 15 is 0 Å². The Kier molecular flexibility index (Phi) is 6.40. The number of nitriles is 1. The molecule has 2 aromatic carbocycles. The third-order valence-corrected chi connectivity index (χ3v) is 8.20. The highest BCUT2D eigenvalue weighted by atomic mass is 19.2. The van der Waals surface area contributed by atoms with Gasteiger partial charge >= 0.3 is 0 Å². The van der Waals surface area contributed by atoms with E-state index in [0.717, 1.165) is 24.5 Å². The van der Waals surface area contributed by atoms with Gasteiger partial charge in [0.15, 0.2) is 11.6 Å². The normalized spacial score (nSPS) is 22.5. The van der Waals surface area contributed by atoms with Gasteiger partial charge in [0.05, 0.1) is 18.1 Å². The summed E-state index contributed by atoms with van der Waals surface area (Å²) in [5.41, 5.74) is -1.45. The fraction of sp³-hybridized carbons (Fsp3) is 0.379. The molecular formula is C29H26F3N5O4. The van der Waals surface area contributed by atoms with Crippen molar-refractivity contribution in [1.82, 2.24) is 20.1 Å². The Balaban J connectivity index is 1.30. The van der Waals surface area contributed by atoms with Crippen LogP contribution in [0.15, 0.2) is 36.4 Å². The number of amides is 3. The van der Waals surface area contributed by atoms with Crippen molar-refractivity contribution in [2.24, 2.45) is 5.92 Å². The molecule has 1 aliphatic carbocycles. The van der Waals surface area contributed by atoms with Crippen molar-refractivity contribution in [3.05, 3.63) is 65.1 Å². The van der Waals surface area contributed by atoms with Gasteiger partial charge in [0.25, 0.3) is 11.8 Å². The van der Waals surface area contributed by atoms with Gasteiger partial charge in [0.1, 0.15) is 29.3 Å². The zero-order valence-electron chi connectivity index (χ0n) is 22.0. The van der Waals surface area contributed by atoms with Crippen LogP contribution in [0, 0.1) is 34.7 Å². The Labute approximate surface area is 232 Å². The standard InChI is InChI=1S/C29H26F3N5O4/c1-36(26(38)21-9-18-19(30)10-20(31)24(32)25(18)35-21)22(8-15-6-7-15)27(39)37-14-29(11-17(37)12-33)28(40)34-13-16-4-2-3-5-23(16)41-29/h2-5,9-10,15,17,22,35H,6-8,11,13-14H2,1H3,(H,34,40)/t17-,22-,29+/m0/s1. The van der Waals surface area contributed by atoms with Crippen LogP contribution in [0.4, 0.5) is 13.2 Å². The molecule has 2 aliphatic heterocycles. The summed E-state index contributed by atoms with van der Waals surface area (Å²) in [5, 5.41) is 12.5. The number of ether oxygens (including phenoxy) is 1. The predicted molar refractivity (Wildman–Crippen MR) is 139 cm³/mol. The van der Waals surface area contributed by atoms with Crippen molar-refractivity contribution in [3.8, 4) is 11.8 Å². The fourth-order valence-electron chi connectivity index (χ4n) is 5.72. The lowest BCUT2D eigenvalue weighted by Gasteiger charge is -2.32. The van der Waals surface area contributed by atoms with Crippen LogP contribution in [-0.4, -0.2) is 63.8 Å². The topological polar surface area (TPSA) is 119 Å². The van der Waals surface area contributed by atoms with Crippen molar-refractivity contribution in [3.63, 3.8) is 0 Å². The molecule has 0 unspecified atom stereocenters. The number of carbonyl (C=O) groups excluding carboxylic acids is 3. The number of benzene rings is 2. The third-order valence-electron chi connectivity index (χ3n) is 8.20. The van der Waals surface area contributed by atoms with Crippen LogP contribution in [0.2, 0.25) is 0 Å². The molecule has 1 saturated heterocycles. The second kappa shape index (κ2) is 9.83. The van der Waals surface area contributed by atoms with E-state index in [-0.39, 0.29) is 36.5 Å². The van der Waals surface area contributed by atoms with Gasteiger partial charge in [0, 0.05) is 37.0 Å². The van der Waals surface area contributed by atoms with Crippen molar-refractivity contribution >= 4 is 28.6 Å². The lowest BCUT2D eigenvalue weighted by atomic mass is 9.99. The minimum absolute atomic E-state index is 0.0602. The molecule has 1 aromatic heterocycles. The number of H-pyrrole nitrogens is 1. The summed E-state index contributed by atoms with van der Waals surface area (Å²) in [5.74, 6) is -4.82. The maximum absolute atomic E-state index is 14.3. The van der Waals surface area contributed by atoms with Crippen LogP contribution in [-0.2, 0) is 16.1 Å². The summed E-state index contributed by atoms with van der Waals surface area (Å²) in [7, 11) is 1.39. The molecule has 212 valence electrons. The Bertz CT molecular complexity index is 1630. The maximum Gasteiger partial charge on any atom is 0.270 e. The molecule has 2 N–H and O–H groups in total. The summed E-state index contributed by atoms with van der Waals surface area (Å²) >= 11 is 0. The Morgan fingerprint density at radius 1 is 1.22 bits per heavy atom. The van der Waals surface area contributed by atoms with Crippen LogP contribution in [0.5, 0.6) is 5.75 Å². The number of rotatable bonds is 5. The van der Waals surface area contributed by atoms with Gasteiger partial charge in [0.2, 0.25) is 11.5 Å². The molecule has 1 saturated carbocycles. The number of hydrogen-bond donors (Lipinski definition) is 2. The van der Waals surface area contributed by atoms with Gasteiger partial charge in [-0.2, -0.15) is 5.26 Å². The number of fused-ring (bicyclic) bond motifs is 2. The summed E-state index contributed by atoms with van der Waals surface area (Å²) in [4.78, 5) is 45.7. The number of nitrogens with one attached hydrogen (secondary N) is 2. The van der Waals surface area contributed by atoms with Gasteiger partial charge in [-0.25, -0.2) is 13.2 Å². The van der Waals surface area contributed by atoms with E-state index in [1.54, 1.807) is 12.1 Å². The average Bonchev–Trinajstić information content (AvgIpc) is 3.57. The van der Waals surface area contributed by atoms with Crippen molar-refractivity contribution < 1.29 is 32.3 Å². The molecule has 3 atom stereocenters. The molecule has 12 heteroatoms. The highest BCUT2D eigenvalue weighted by Crippen LogP contribution is 2.39. The second-order valence-corrected chi connectivity index (χ2v) is 10.9. The highest BCUT2D eigenvalue weighted by molar-refractivity contribution is 6.00. The predicted octanol–water partition coefficient (Wildman–Crippen LogP) is 3.40. The molecule has 41 heavy (non-hydrogen) atoms. The van der Waals surface area contributed by atoms with Gasteiger partial charge < -0.3 is 24.8 Å². The van der Waals surface area contributed by atoms with E-state index < -0.39 is 58.4 Å². The smallest absolute Gasteiger partial charge is 0.270 e. The Morgan fingerprint density at radius 2 is 1.98 bits per heavy atom. The molecule has 1 spiro atoms. The van der Waals surface area contributed by atoms with Crippen molar-refractivity contribution in [1.29, 1.82) is 5.26 Å². The summed E-state index contributed by atoms with van der Waals surface area (Å²) < 4.78 is 48.5. The van der Waals surface area contributed by atoms with Gasteiger partial charge in [-0.1, -0.05) is 31.0 Å². The third kappa shape index (κ3) is 4.55. The van der Waals surface area contributed by atoms with Gasteiger partial charge in [-0.15, -0.1) is 0 Å². The summed E-state index contributed by atoms with van der Waals surface area (Å²) in [6, 6.07) is 8.69. The molecule has 3 aliphatic rings. The lowest BCUT2D eigenvalue weighted by Crippen LogP contribution is -2.54. The quantitative estimate of drug-likeness (QED) is 0.460. The zero-order chi connectivity index (χ0) is 29.1. The SMILES string of the molecule is CN(C(=O)c1cc2c(F)cc(F)c(F)c2[nH]1)[C@@H](CC1CC1)C(=O)N1C[C@@]2(C[C@H]1C#N)Oc1ccccc1CNC2=O. The van der Waals surface area contributed by atoms with Crippen LogP contribution < -0.4 is 10.1 Å². The number of halogens is 3. The van der Waals surface area contributed by atoms with E-state index in [0.29, 0.717) is 18.2 Å². The molecule has 0 bridgehead atoms. The summed E-state index contributed by atoms with van der Waals surface area (Å²) in [6.45, 7) is 0.0363. The van der Waals surface area contributed by atoms with Crippen LogP contribution in [0.25, 0.3) is 10.9 Å². The molecule has 3 amide bonds. The molecular weight excluding hydrogens is 539 g/mol. The first-order valence-corrected chi connectivity index (χ1v) is 13.3. The number of hydrogen-bond acceptors (Lipinski definition) is 5. The van der Waals surface area contributed by atoms with Crippen LogP contribution >= 0.6 is 0 Å².